The third-order valence-electron chi connectivity index (χ3n) is 2.57. The fourth-order valence-electron chi connectivity index (χ4n) is 1.57. The molecule has 2 N–H and O–H groups in total. The van der Waals surface area contributed by atoms with Crippen molar-refractivity contribution in [1.29, 1.82) is 0 Å². The van der Waals surface area contributed by atoms with Crippen LogP contribution >= 0.6 is 15.9 Å². The zero-order valence-corrected chi connectivity index (χ0v) is 12.4. The molecule has 0 aliphatic heterocycles. The molecule has 0 saturated carbocycles. The second-order valence-electron chi connectivity index (χ2n) is 4.17. The van der Waals surface area contributed by atoms with Crippen LogP contribution in [0.4, 0.5) is 5.69 Å². The van der Waals surface area contributed by atoms with Crippen LogP contribution in [0.3, 0.4) is 0 Å². The van der Waals surface area contributed by atoms with Gasteiger partial charge in [-0.15, -0.1) is 0 Å². The number of benzene rings is 1. The third kappa shape index (κ3) is 3.71. The minimum atomic E-state index is -0.299. The SMILES string of the molecule is Cc1cc(NC(=O)COc2ccccc2Br)c[nH]c1=O. The van der Waals surface area contributed by atoms with Crippen LogP contribution in [-0.4, -0.2) is 17.5 Å². The molecule has 20 heavy (non-hydrogen) atoms. The maximum Gasteiger partial charge on any atom is 0.262 e. The van der Waals surface area contributed by atoms with E-state index >= 15 is 0 Å². The zero-order chi connectivity index (χ0) is 14.5. The fourth-order valence-corrected chi connectivity index (χ4v) is 1.97. The van der Waals surface area contributed by atoms with Gasteiger partial charge in [-0.2, -0.15) is 0 Å². The molecular weight excluding hydrogens is 324 g/mol. The number of carbonyl (C=O) groups excluding carboxylic acids is 1. The van der Waals surface area contributed by atoms with Gasteiger partial charge in [-0.3, -0.25) is 9.59 Å². The first kappa shape index (κ1) is 14.3. The van der Waals surface area contributed by atoms with E-state index in [-0.39, 0.29) is 18.1 Å². The normalized spacial score (nSPS) is 10.1. The van der Waals surface area contributed by atoms with Gasteiger partial charge in [0.05, 0.1) is 10.2 Å². The Morgan fingerprint density at radius 1 is 1.40 bits per heavy atom. The summed E-state index contributed by atoms with van der Waals surface area (Å²) < 4.78 is 6.18. The maximum absolute atomic E-state index is 11.7. The lowest BCUT2D eigenvalue weighted by atomic mass is 10.3. The summed E-state index contributed by atoms with van der Waals surface area (Å²) in [5, 5.41) is 2.65. The monoisotopic (exact) mass is 336 g/mol. The Bertz CT molecular complexity index is 682. The molecule has 0 radical (unpaired) electrons. The number of pyridine rings is 1. The topological polar surface area (TPSA) is 71.2 Å². The lowest BCUT2D eigenvalue weighted by Gasteiger charge is -2.08. The van der Waals surface area contributed by atoms with Gasteiger partial charge in [0.1, 0.15) is 5.75 Å². The number of aryl methyl sites for hydroxylation is 1. The van der Waals surface area contributed by atoms with Crippen LogP contribution in [0.1, 0.15) is 5.56 Å². The van der Waals surface area contributed by atoms with Gasteiger partial charge in [0.15, 0.2) is 6.61 Å². The summed E-state index contributed by atoms with van der Waals surface area (Å²) >= 11 is 3.33. The van der Waals surface area contributed by atoms with Gasteiger partial charge >= 0.3 is 0 Å². The van der Waals surface area contributed by atoms with Crippen LogP contribution in [0, 0.1) is 6.92 Å². The maximum atomic E-state index is 11.7. The number of para-hydroxylation sites is 1. The number of hydrogen-bond donors (Lipinski definition) is 2. The summed E-state index contributed by atoms with van der Waals surface area (Å²) in [5.74, 6) is 0.299. The average Bonchev–Trinajstić information content (AvgIpc) is 2.42. The van der Waals surface area contributed by atoms with Gasteiger partial charge in [0.2, 0.25) is 0 Å². The van der Waals surface area contributed by atoms with Crippen molar-refractivity contribution in [3.8, 4) is 5.75 Å². The molecule has 0 atom stereocenters. The lowest BCUT2D eigenvalue weighted by Crippen LogP contribution is -2.21. The number of rotatable bonds is 4. The lowest BCUT2D eigenvalue weighted by molar-refractivity contribution is -0.118. The first-order chi connectivity index (χ1) is 9.56. The highest BCUT2D eigenvalue weighted by molar-refractivity contribution is 9.10. The molecule has 0 aliphatic rings. The number of ether oxygens (including phenoxy) is 1. The minimum absolute atomic E-state index is 0.110. The number of amides is 1. The van der Waals surface area contributed by atoms with E-state index in [1.54, 1.807) is 19.1 Å². The van der Waals surface area contributed by atoms with Crippen molar-refractivity contribution < 1.29 is 9.53 Å². The molecular formula is C14H13BrN2O3. The molecule has 1 aromatic heterocycles. The molecule has 104 valence electrons. The quantitative estimate of drug-likeness (QED) is 0.900. The van der Waals surface area contributed by atoms with Gasteiger partial charge in [0.25, 0.3) is 11.5 Å². The van der Waals surface area contributed by atoms with Crippen molar-refractivity contribution in [3.05, 3.63) is 56.9 Å². The Labute approximate surface area is 124 Å². The zero-order valence-electron chi connectivity index (χ0n) is 10.8. The number of carbonyl (C=O) groups is 1. The van der Waals surface area contributed by atoms with Gasteiger partial charge in [-0.05, 0) is 41.1 Å². The van der Waals surface area contributed by atoms with Crippen LogP contribution in [0.2, 0.25) is 0 Å². The molecule has 1 aromatic carbocycles. The third-order valence-corrected chi connectivity index (χ3v) is 3.22. The van der Waals surface area contributed by atoms with Crippen LogP contribution < -0.4 is 15.6 Å². The number of aromatic amines is 1. The fraction of sp³-hybridized carbons (Fsp3) is 0.143. The molecule has 0 spiro atoms. The minimum Gasteiger partial charge on any atom is -0.483 e. The van der Waals surface area contributed by atoms with E-state index in [4.69, 9.17) is 4.74 Å². The summed E-state index contributed by atoms with van der Waals surface area (Å²) in [7, 11) is 0. The summed E-state index contributed by atoms with van der Waals surface area (Å²) in [4.78, 5) is 25.5. The molecule has 2 aromatic rings. The molecule has 0 unspecified atom stereocenters. The average molecular weight is 337 g/mol. The van der Waals surface area contributed by atoms with Crippen molar-refractivity contribution in [2.24, 2.45) is 0 Å². The van der Waals surface area contributed by atoms with Crippen LogP contribution in [0.5, 0.6) is 5.75 Å². The van der Waals surface area contributed by atoms with Crippen LogP contribution in [0.25, 0.3) is 0 Å². The molecule has 1 amide bonds. The summed E-state index contributed by atoms with van der Waals surface area (Å²) in [6.07, 6.45) is 1.45. The molecule has 6 heteroatoms. The second-order valence-corrected chi connectivity index (χ2v) is 5.02. The number of anilines is 1. The number of nitrogens with one attached hydrogen (secondary N) is 2. The number of halogens is 1. The molecule has 0 fully saturated rings. The first-order valence-electron chi connectivity index (χ1n) is 5.93. The van der Waals surface area contributed by atoms with E-state index in [9.17, 15) is 9.59 Å². The second kappa shape index (κ2) is 6.38. The van der Waals surface area contributed by atoms with Crippen molar-refractivity contribution in [1.82, 2.24) is 4.98 Å². The largest absolute Gasteiger partial charge is 0.483 e. The molecule has 5 nitrogen and oxygen atoms in total. The Hall–Kier alpha value is -2.08. The highest BCUT2D eigenvalue weighted by Crippen LogP contribution is 2.23. The van der Waals surface area contributed by atoms with Gasteiger partial charge in [0, 0.05) is 11.8 Å². The van der Waals surface area contributed by atoms with Gasteiger partial charge in [-0.1, -0.05) is 12.1 Å². The van der Waals surface area contributed by atoms with Crippen LogP contribution in [-0.2, 0) is 4.79 Å². The van der Waals surface area contributed by atoms with Crippen LogP contribution in [0.15, 0.2) is 45.8 Å². The van der Waals surface area contributed by atoms with Gasteiger partial charge in [-0.25, -0.2) is 0 Å². The van der Waals surface area contributed by atoms with E-state index in [2.05, 4.69) is 26.2 Å². The predicted octanol–water partition coefficient (Wildman–Crippen LogP) is 2.46. The molecule has 0 bridgehead atoms. The molecule has 0 saturated heterocycles. The number of H-pyrrole nitrogens is 1. The number of aromatic nitrogens is 1. The summed E-state index contributed by atoms with van der Waals surface area (Å²) in [6, 6.07) is 8.89. The van der Waals surface area contributed by atoms with Crippen molar-refractivity contribution in [2.45, 2.75) is 6.92 Å². The van der Waals surface area contributed by atoms with E-state index in [0.29, 0.717) is 17.0 Å². The first-order valence-corrected chi connectivity index (χ1v) is 6.72. The van der Waals surface area contributed by atoms with E-state index < -0.39 is 0 Å². The molecule has 1 heterocycles. The van der Waals surface area contributed by atoms with Gasteiger partial charge < -0.3 is 15.0 Å². The van der Waals surface area contributed by atoms with E-state index in [1.165, 1.54) is 6.20 Å². The number of hydrogen-bond acceptors (Lipinski definition) is 3. The van der Waals surface area contributed by atoms with Crippen molar-refractivity contribution in [3.63, 3.8) is 0 Å². The Balaban J connectivity index is 1.94. The predicted molar refractivity (Wildman–Crippen MR) is 80.1 cm³/mol. The van der Waals surface area contributed by atoms with Crippen molar-refractivity contribution in [2.75, 3.05) is 11.9 Å². The Kier molecular flexibility index (Phi) is 4.57. The van der Waals surface area contributed by atoms with E-state index in [1.807, 2.05) is 18.2 Å². The highest BCUT2D eigenvalue weighted by Gasteiger charge is 2.06. The Morgan fingerprint density at radius 3 is 2.85 bits per heavy atom. The molecule has 2 rings (SSSR count). The standard InChI is InChI=1S/C14H13BrN2O3/c1-9-6-10(7-16-14(9)19)17-13(18)8-20-12-5-3-2-4-11(12)15/h2-7H,8H2,1H3,(H,16,19)(H,17,18). The molecule has 0 aliphatic carbocycles. The summed E-state index contributed by atoms with van der Waals surface area (Å²) in [5.41, 5.74) is 0.893. The van der Waals surface area contributed by atoms with E-state index in [0.717, 1.165) is 4.47 Å². The highest BCUT2D eigenvalue weighted by atomic mass is 79.9. The van der Waals surface area contributed by atoms with Crippen molar-refractivity contribution >= 4 is 27.5 Å². The smallest absolute Gasteiger partial charge is 0.262 e. The Morgan fingerprint density at radius 2 is 2.15 bits per heavy atom. The summed E-state index contributed by atoms with van der Waals surface area (Å²) in [6.45, 7) is 1.56.